The lowest BCUT2D eigenvalue weighted by Gasteiger charge is -2.20. The maximum atomic E-state index is 11.8. The second-order valence-corrected chi connectivity index (χ2v) is 5.36. The number of hydrogen-bond donors (Lipinski definition) is 1. The zero-order chi connectivity index (χ0) is 13.0. The minimum atomic E-state index is -0.515. The molecule has 1 aliphatic heterocycles. The summed E-state index contributed by atoms with van der Waals surface area (Å²) in [5.41, 5.74) is 0.232. The van der Waals surface area contributed by atoms with Gasteiger partial charge < -0.3 is 9.72 Å². The molecular weight excluding hydrogens is 256 g/mol. The molecule has 98 valence electrons. The average molecular weight is 270 g/mol. The SMILES string of the molecule is O=C(CSC1CCOCC1)c1cc([N+](=O)[O-])c[nH]1. The van der Waals surface area contributed by atoms with Crippen LogP contribution in [0.4, 0.5) is 5.69 Å². The van der Waals surface area contributed by atoms with Crippen molar-refractivity contribution >= 4 is 23.2 Å². The largest absolute Gasteiger partial charge is 0.381 e. The molecule has 2 heterocycles. The van der Waals surface area contributed by atoms with E-state index in [4.69, 9.17) is 4.74 Å². The lowest BCUT2D eigenvalue weighted by Crippen LogP contribution is -2.19. The van der Waals surface area contributed by atoms with Crippen molar-refractivity contribution in [2.24, 2.45) is 0 Å². The number of rotatable bonds is 5. The first-order valence-electron chi connectivity index (χ1n) is 5.72. The Labute approximate surface area is 108 Å². The van der Waals surface area contributed by atoms with Crippen LogP contribution in [0.15, 0.2) is 12.3 Å². The molecule has 0 radical (unpaired) electrons. The van der Waals surface area contributed by atoms with Gasteiger partial charge in [-0.1, -0.05) is 0 Å². The van der Waals surface area contributed by atoms with E-state index in [0.717, 1.165) is 26.1 Å². The highest BCUT2D eigenvalue weighted by molar-refractivity contribution is 8.00. The number of Topliss-reactive ketones (excluding diaryl/α,β-unsaturated/α-hetero) is 1. The van der Waals surface area contributed by atoms with Crippen LogP contribution in [-0.4, -0.2) is 39.9 Å². The predicted molar refractivity (Wildman–Crippen MR) is 68.1 cm³/mol. The third kappa shape index (κ3) is 3.33. The molecule has 1 aromatic heterocycles. The summed E-state index contributed by atoms with van der Waals surface area (Å²) in [4.78, 5) is 24.4. The van der Waals surface area contributed by atoms with Crippen LogP contribution in [0.1, 0.15) is 23.3 Å². The molecule has 1 N–H and O–H groups in total. The fourth-order valence-electron chi connectivity index (χ4n) is 1.76. The van der Waals surface area contributed by atoms with E-state index < -0.39 is 4.92 Å². The molecule has 2 rings (SSSR count). The van der Waals surface area contributed by atoms with Crippen LogP contribution >= 0.6 is 11.8 Å². The van der Waals surface area contributed by atoms with Crippen LogP contribution in [0.3, 0.4) is 0 Å². The van der Waals surface area contributed by atoms with Crippen molar-refractivity contribution in [1.29, 1.82) is 0 Å². The fourth-order valence-corrected chi connectivity index (χ4v) is 2.83. The highest BCUT2D eigenvalue weighted by Crippen LogP contribution is 2.23. The molecule has 18 heavy (non-hydrogen) atoms. The van der Waals surface area contributed by atoms with Gasteiger partial charge >= 0.3 is 0 Å². The molecule has 1 aromatic rings. The minimum absolute atomic E-state index is 0.0746. The van der Waals surface area contributed by atoms with E-state index in [9.17, 15) is 14.9 Å². The molecule has 7 heteroatoms. The molecule has 0 amide bonds. The van der Waals surface area contributed by atoms with Crippen LogP contribution in [0, 0.1) is 10.1 Å². The number of aromatic nitrogens is 1. The number of nitrogens with one attached hydrogen (secondary N) is 1. The third-order valence-corrected chi connectivity index (χ3v) is 4.17. The normalized spacial score (nSPS) is 16.7. The van der Waals surface area contributed by atoms with Gasteiger partial charge in [0.25, 0.3) is 5.69 Å². The second-order valence-electron chi connectivity index (χ2n) is 4.07. The molecule has 1 fully saturated rings. The van der Waals surface area contributed by atoms with Crippen molar-refractivity contribution in [2.75, 3.05) is 19.0 Å². The van der Waals surface area contributed by atoms with E-state index >= 15 is 0 Å². The first kappa shape index (κ1) is 13.1. The van der Waals surface area contributed by atoms with Gasteiger partial charge in [0.15, 0.2) is 5.78 Å². The van der Waals surface area contributed by atoms with Crippen molar-refractivity contribution in [2.45, 2.75) is 18.1 Å². The van der Waals surface area contributed by atoms with Gasteiger partial charge in [-0.25, -0.2) is 0 Å². The van der Waals surface area contributed by atoms with Crippen LogP contribution in [0.25, 0.3) is 0 Å². The standard InChI is InChI=1S/C11H14N2O4S/c14-11(7-18-9-1-3-17-4-2-9)10-5-8(6-12-10)13(15)16/h5-6,9,12H,1-4,7H2. The molecule has 0 unspecified atom stereocenters. The maximum absolute atomic E-state index is 11.8. The summed E-state index contributed by atoms with van der Waals surface area (Å²) in [6, 6.07) is 1.28. The summed E-state index contributed by atoms with van der Waals surface area (Å²) in [5.74, 6) is 0.252. The lowest BCUT2D eigenvalue weighted by molar-refractivity contribution is -0.384. The summed E-state index contributed by atoms with van der Waals surface area (Å²) in [7, 11) is 0. The zero-order valence-corrected chi connectivity index (χ0v) is 10.6. The molecule has 1 aliphatic rings. The smallest absolute Gasteiger partial charge is 0.287 e. The van der Waals surface area contributed by atoms with Crippen molar-refractivity contribution in [3.8, 4) is 0 Å². The van der Waals surface area contributed by atoms with Crippen molar-refractivity contribution < 1.29 is 14.5 Å². The molecular formula is C11H14N2O4S. The minimum Gasteiger partial charge on any atom is -0.381 e. The molecule has 1 saturated heterocycles. The summed E-state index contributed by atoms with van der Waals surface area (Å²) in [5, 5.41) is 10.9. The van der Waals surface area contributed by atoms with E-state index in [-0.39, 0.29) is 11.5 Å². The van der Waals surface area contributed by atoms with Gasteiger partial charge in [0.2, 0.25) is 0 Å². The Morgan fingerprint density at radius 1 is 1.56 bits per heavy atom. The molecule has 6 nitrogen and oxygen atoms in total. The number of thioether (sulfide) groups is 1. The van der Waals surface area contributed by atoms with Crippen molar-refractivity contribution in [3.63, 3.8) is 0 Å². The molecule has 0 atom stereocenters. The number of nitro groups is 1. The Balaban J connectivity index is 1.84. The number of ether oxygens (including phenoxy) is 1. The summed E-state index contributed by atoms with van der Waals surface area (Å²) < 4.78 is 5.24. The van der Waals surface area contributed by atoms with Crippen LogP contribution in [0.5, 0.6) is 0 Å². The Hall–Kier alpha value is -1.34. The Kier molecular flexibility index (Phi) is 4.38. The first-order chi connectivity index (χ1) is 8.66. The van der Waals surface area contributed by atoms with Crippen LogP contribution in [0.2, 0.25) is 0 Å². The summed E-state index contributed by atoms with van der Waals surface area (Å²) in [6.45, 7) is 1.50. The number of aromatic amines is 1. The van der Waals surface area contributed by atoms with Gasteiger partial charge in [-0.15, -0.1) is 0 Å². The van der Waals surface area contributed by atoms with Crippen molar-refractivity contribution in [3.05, 3.63) is 28.1 Å². The average Bonchev–Trinajstić information content (AvgIpc) is 2.87. The topological polar surface area (TPSA) is 85.2 Å². The van der Waals surface area contributed by atoms with Crippen LogP contribution < -0.4 is 0 Å². The van der Waals surface area contributed by atoms with Crippen LogP contribution in [-0.2, 0) is 4.74 Å². The second kappa shape index (κ2) is 6.01. The number of ketones is 1. The van der Waals surface area contributed by atoms with E-state index in [1.165, 1.54) is 12.3 Å². The molecule has 0 bridgehead atoms. The van der Waals surface area contributed by atoms with E-state index in [1.807, 2.05) is 0 Å². The molecule has 0 spiro atoms. The highest BCUT2D eigenvalue weighted by Gasteiger charge is 2.18. The first-order valence-corrected chi connectivity index (χ1v) is 6.77. The fraction of sp³-hybridized carbons (Fsp3) is 0.545. The third-order valence-electron chi connectivity index (χ3n) is 2.80. The van der Waals surface area contributed by atoms with Gasteiger partial charge in [0, 0.05) is 24.5 Å². The number of nitrogens with zero attached hydrogens (tertiary/aromatic N) is 1. The summed E-state index contributed by atoms with van der Waals surface area (Å²) >= 11 is 1.60. The monoisotopic (exact) mass is 270 g/mol. The number of carbonyl (C=O) groups is 1. The van der Waals surface area contributed by atoms with E-state index in [1.54, 1.807) is 11.8 Å². The van der Waals surface area contributed by atoms with Gasteiger partial charge in [-0.2, -0.15) is 11.8 Å². The van der Waals surface area contributed by atoms with E-state index in [2.05, 4.69) is 4.98 Å². The lowest BCUT2D eigenvalue weighted by atomic mass is 10.2. The Bertz CT molecular complexity index is 440. The predicted octanol–water partition coefficient (Wildman–Crippen LogP) is 2.02. The van der Waals surface area contributed by atoms with Gasteiger partial charge in [-0.05, 0) is 12.8 Å². The number of hydrogen-bond acceptors (Lipinski definition) is 5. The Morgan fingerprint density at radius 3 is 2.89 bits per heavy atom. The zero-order valence-electron chi connectivity index (χ0n) is 9.76. The molecule has 0 saturated carbocycles. The summed E-state index contributed by atoms with van der Waals surface area (Å²) in [6.07, 6.45) is 3.16. The van der Waals surface area contributed by atoms with Gasteiger partial charge in [-0.3, -0.25) is 14.9 Å². The maximum Gasteiger partial charge on any atom is 0.287 e. The van der Waals surface area contributed by atoms with Crippen molar-refractivity contribution in [1.82, 2.24) is 4.98 Å². The van der Waals surface area contributed by atoms with Gasteiger partial charge in [0.1, 0.15) is 0 Å². The van der Waals surface area contributed by atoms with Gasteiger partial charge in [0.05, 0.1) is 22.6 Å². The Morgan fingerprint density at radius 2 is 2.28 bits per heavy atom. The quantitative estimate of drug-likeness (QED) is 0.502. The molecule has 0 aliphatic carbocycles. The number of H-pyrrole nitrogens is 1. The highest BCUT2D eigenvalue weighted by atomic mass is 32.2. The number of carbonyl (C=O) groups excluding carboxylic acids is 1. The molecule has 0 aromatic carbocycles. The van der Waals surface area contributed by atoms with E-state index in [0.29, 0.717) is 16.7 Å².